The predicted molar refractivity (Wildman–Crippen MR) is 114 cm³/mol. The molecule has 0 aliphatic heterocycles. The van der Waals surface area contributed by atoms with Gasteiger partial charge in [0.25, 0.3) is 0 Å². The first kappa shape index (κ1) is 19.4. The summed E-state index contributed by atoms with van der Waals surface area (Å²) >= 11 is 0. The fraction of sp³-hybridized carbons (Fsp3) is 0.286. The molecule has 0 aliphatic carbocycles. The first-order valence-corrected chi connectivity index (χ1v) is 9.20. The molecule has 0 amide bonds. The molecule has 7 heteroatoms. The third-order valence-electron chi connectivity index (χ3n) is 4.40. The average Bonchev–Trinajstić information content (AvgIpc) is 3.18. The summed E-state index contributed by atoms with van der Waals surface area (Å²) in [4.78, 5) is 20.8. The summed E-state index contributed by atoms with van der Waals surface area (Å²) in [7, 11) is 7.77. The van der Waals surface area contributed by atoms with Gasteiger partial charge in [-0.15, -0.1) is 0 Å². The predicted octanol–water partition coefficient (Wildman–Crippen LogP) is 2.75. The highest BCUT2D eigenvalue weighted by Crippen LogP contribution is 2.17. The smallest absolute Gasteiger partial charge is 0.194 e. The SMILES string of the molecule is CN=C(NCc1cccnc1N(C)C)N(C)Cc1ncc(-c2ccccc2)[nH]1. The Morgan fingerprint density at radius 1 is 1.07 bits per heavy atom. The van der Waals surface area contributed by atoms with Gasteiger partial charge in [0.1, 0.15) is 11.6 Å². The Morgan fingerprint density at radius 3 is 2.57 bits per heavy atom. The van der Waals surface area contributed by atoms with Crippen LogP contribution >= 0.6 is 0 Å². The van der Waals surface area contributed by atoms with Gasteiger partial charge < -0.3 is 20.1 Å². The van der Waals surface area contributed by atoms with E-state index < -0.39 is 0 Å². The molecule has 0 bridgehead atoms. The van der Waals surface area contributed by atoms with E-state index in [0.29, 0.717) is 13.1 Å². The van der Waals surface area contributed by atoms with Gasteiger partial charge in [-0.2, -0.15) is 0 Å². The number of imidazole rings is 1. The third kappa shape index (κ3) is 4.68. The van der Waals surface area contributed by atoms with Crippen LogP contribution in [0.2, 0.25) is 0 Å². The third-order valence-corrected chi connectivity index (χ3v) is 4.40. The zero-order valence-corrected chi connectivity index (χ0v) is 16.8. The summed E-state index contributed by atoms with van der Waals surface area (Å²) in [5.41, 5.74) is 3.25. The molecular formula is C21H27N7. The van der Waals surface area contributed by atoms with Crippen molar-refractivity contribution in [1.82, 2.24) is 25.2 Å². The Bertz CT molecular complexity index is 915. The Kier molecular flexibility index (Phi) is 6.26. The summed E-state index contributed by atoms with van der Waals surface area (Å²) < 4.78 is 0. The van der Waals surface area contributed by atoms with E-state index in [4.69, 9.17) is 0 Å². The summed E-state index contributed by atoms with van der Waals surface area (Å²) in [6, 6.07) is 14.2. The lowest BCUT2D eigenvalue weighted by molar-refractivity contribution is 0.464. The molecule has 2 N–H and O–H groups in total. The van der Waals surface area contributed by atoms with Crippen LogP contribution in [0.25, 0.3) is 11.3 Å². The van der Waals surface area contributed by atoms with Gasteiger partial charge in [-0.1, -0.05) is 36.4 Å². The lowest BCUT2D eigenvalue weighted by Gasteiger charge is -2.22. The molecular weight excluding hydrogens is 350 g/mol. The number of aliphatic imine (C=N–C) groups is 1. The molecule has 1 aromatic carbocycles. The van der Waals surface area contributed by atoms with Crippen LogP contribution in [0.3, 0.4) is 0 Å². The number of nitrogens with zero attached hydrogens (tertiary/aromatic N) is 5. The van der Waals surface area contributed by atoms with E-state index in [0.717, 1.165) is 34.4 Å². The van der Waals surface area contributed by atoms with E-state index in [1.165, 1.54) is 0 Å². The normalized spacial score (nSPS) is 11.4. The van der Waals surface area contributed by atoms with Gasteiger partial charge in [-0.05, 0) is 11.6 Å². The van der Waals surface area contributed by atoms with Crippen LogP contribution in [0, 0.1) is 0 Å². The molecule has 0 saturated carbocycles. The van der Waals surface area contributed by atoms with Crippen molar-refractivity contribution in [1.29, 1.82) is 0 Å². The van der Waals surface area contributed by atoms with Crippen LogP contribution in [0.15, 0.2) is 59.9 Å². The van der Waals surface area contributed by atoms with Crippen molar-refractivity contribution in [3.05, 3.63) is 66.2 Å². The summed E-state index contributed by atoms with van der Waals surface area (Å²) in [6.07, 6.45) is 3.68. The molecule has 0 atom stereocenters. The van der Waals surface area contributed by atoms with E-state index in [1.807, 2.05) is 61.4 Å². The van der Waals surface area contributed by atoms with E-state index >= 15 is 0 Å². The molecule has 0 spiro atoms. The topological polar surface area (TPSA) is 72.4 Å². The maximum atomic E-state index is 4.51. The molecule has 3 rings (SSSR count). The van der Waals surface area contributed by atoms with Crippen molar-refractivity contribution in [2.75, 3.05) is 33.1 Å². The monoisotopic (exact) mass is 377 g/mol. The number of H-pyrrole nitrogens is 1. The fourth-order valence-electron chi connectivity index (χ4n) is 3.04. The summed E-state index contributed by atoms with van der Waals surface area (Å²) in [5, 5.41) is 3.41. The van der Waals surface area contributed by atoms with Crippen LogP contribution in [-0.4, -0.2) is 54.0 Å². The lowest BCUT2D eigenvalue weighted by Crippen LogP contribution is -2.38. The van der Waals surface area contributed by atoms with E-state index in [2.05, 4.69) is 43.5 Å². The molecule has 0 saturated heterocycles. The van der Waals surface area contributed by atoms with Crippen LogP contribution < -0.4 is 10.2 Å². The number of aromatic amines is 1. The number of rotatable bonds is 6. The molecule has 0 radical (unpaired) electrons. The number of anilines is 1. The van der Waals surface area contributed by atoms with Gasteiger partial charge in [0, 0.05) is 46.5 Å². The van der Waals surface area contributed by atoms with Crippen molar-refractivity contribution in [2.24, 2.45) is 4.99 Å². The number of benzene rings is 1. The molecule has 0 fully saturated rings. The highest BCUT2D eigenvalue weighted by Gasteiger charge is 2.11. The van der Waals surface area contributed by atoms with Gasteiger partial charge in [0.2, 0.25) is 0 Å². The molecule has 28 heavy (non-hydrogen) atoms. The first-order valence-electron chi connectivity index (χ1n) is 9.20. The van der Waals surface area contributed by atoms with Gasteiger partial charge in [-0.25, -0.2) is 9.97 Å². The lowest BCUT2D eigenvalue weighted by atomic mass is 10.2. The highest BCUT2D eigenvalue weighted by atomic mass is 15.3. The van der Waals surface area contributed by atoms with Crippen molar-refractivity contribution in [3.8, 4) is 11.3 Å². The van der Waals surface area contributed by atoms with E-state index in [1.54, 1.807) is 13.2 Å². The fourth-order valence-corrected chi connectivity index (χ4v) is 3.04. The van der Waals surface area contributed by atoms with Gasteiger partial charge in [-0.3, -0.25) is 4.99 Å². The molecule has 3 aromatic rings. The summed E-state index contributed by atoms with van der Waals surface area (Å²) in [6.45, 7) is 1.27. The average molecular weight is 377 g/mol. The Labute approximate surface area is 166 Å². The zero-order chi connectivity index (χ0) is 19.9. The molecule has 0 unspecified atom stereocenters. The van der Waals surface area contributed by atoms with E-state index in [9.17, 15) is 0 Å². The van der Waals surface area contributed by atoms with Gasteiger partial charge in [0.05, 0.1) is 18.4 Å². The standard InChI is InChI=1S/C21H27N7/c1-22-21(25-13-17-11-8-12-23-20(17)27(2)3)28(4)15-19-24-14-18(26-19)16-9-6-5-7-10-16/h5-12,14H,13,15H2,1-4H3,(H,22,25)(H,24,26). The van der Waals surface area contributed by atoms with Crippen LogP contribution in [0.1, 0.15) is 11.4 Å². The number of hydrogen-bond donors (Lipinski definition) is 2. The molecule has 2 aromatic heterocycles. The largest absolute Gasteiger partial charge is 0.362 e. The van der Waals surface area contributed by atoms with Gasteiger partial charge in [0.15, 0.2) is 5.96 Å². The van der Waals surface area contributed by atoms with Crippen LogP contribution in [0.5, 0.6) is 0 Å². The highest BCUT2D eigenvalue weighted by molar-refractivity contribution is 5.79. The molecule has 0 aliphatic rings. The molecule has 7 nitrogen and oxygen atoms in total. The van der Waals surface area contributed by atoms with Crippen LogP contribution in [0.4, 0.5) is 5.82 Å². The second-order valence-corrected chi connectivity index (χ2v) is 6.75. The summed E-state index contributed by atoms with van der Waals surface area (Å²) in [5.74, 6) is 2.64. The van der Waals surface area contributed by atoms with Crippen molar-refractivity contribution < 1.29 is 0 Å². The quantitative estimate of drug-likeness (QED) is 0.510. The van der Waals surface area contributed by atoms with Crippen LogP contribution in [-0.2, 0) is 13.1 Å². The van der Waals surface area contributed by atoms with Crippen molar-refractivity contribution in [3.63, 3.8) is 0 Å². The van der Waals surface area contributed by atoms with E-state index in [-0.39, 0.29) is 0 Å². The maximum absolute atomic E-state index is 4.51. The Morgan fingerprint density at radius 2 is 1.86 bits per heavy atom. The molecule has 146 valence electrons. The zero-order valence-electron chi connectivity index (χ0n) is 16.8. The second kappa shape index (κ2) is 9.03. The minimum absolute atomic E-state index is 0.625. The minimum atomic E-state index is 0.625. The maximum Gasteiger partial charge on any atom is 0.194 e. The minimum Gasteiger partial charge on any atom is -0.362 e. The Balaban J connectivity index is 1.63. The van der Waals surface area contributed by atoms with Crippen molar-refractivity contribution >= 4 is 11.8 Å². The van der Waals surface area contributed by atoms with Gasteiger partial charge >= 0.3 is 0 Å². The number of nitrogens with one attached hydrogen (secondary N) is 2. The van der Waals surface area contributed by atoms with Crippen molar-refractivity contribution in [2.45, 2.75) is 13.1 Å². The molecule has 2 heterocycles. The first-order chi connectivity index (χ1) is 13.6. The number of hydrogen-bond acceptors (Lipinski definition) is 4. The number of aromatic nitrogens is 3. The number of pyridine rings is 1. The number of guanidine groups is 1. The Hall–Kier alpha value is -3.35. The second-order valence-electron chi connectivity index (χ2n) is 6.75.